The molecule has 1 N–H and O–H groups in total. The molecule has 1 saturated heterocycles. The van der Waals surface area contributed by atoms with E-state index in [1.807, 2.05) is 36.4 Å². The van der Waals surface area contributed by atoms with Crippen molar-refractivity contribution in [1.82, 2.24) is 0 Å². The van der Waals surface area contributed by atoms with Crippen LogP contribution in [0.1, 0.15) is 39.5 Å². The second-order valence-electron chi connectivity index (χ2n) is 8.19. The molecule has 0 saturated carbocycles. The van der Waals surface area contributed by atoms with Crippen molar-refractivity contribution in [3.8, 4) is 0 Å². The van der Waals surface area contributed by atoms with Crippen molar-refractivity contribution >= 4 is 18.7 Å². The van der Waals surface area contributed by atoms with Crippen molar-refractivity contribution in [2.45, 2.75) is 56.8 Å². The van der Waals surface area contributed by atoms with Gasteiger partial charge in [0.1, 0.15) is 0 Å². The summed E-state index contributed by atoms with van der Waals surface area (Å²) in [5, 5.41) is 1.89. The quantitative estimate of drug-likeness (QED) is 0.743. The van der Waals surface area contributed by atoms with Gasteiger partial charge in [-0.25, -0.2) is 0 Å². The van der Waals surface area contributed by atoms with Crippen LogP contribution in [0.5, 0.6) is 0 Å². The predicted octanol–water partition coefficient (Wildman–Crippen LogP) is 3.49. The van der Waals surface area contributed by atoms with Crippen molar-refractivity contribution in [2.75, 3.05) is 13.7 Å². The molecule has 3 rings (SSSR count). The molecule has 146 valence electrons. The summed E-state index contributed by atoms with van der Waals surface area (Å²) in [7, 11) is -1.17. The molecule has 0 spiro atoms. The Kier molecular flexibility index (Phi) is 6.53. The molecule has 2 aromatic rings. The predicted molar refractivity (Wildman–Crippen MR) is 113 cm³/mol. The molecule has 0 amide bonds. The molecule has 2 atom stereocenters. The molecular weight excluding hydrogens is 352 g/mol. The molecule has 0 bridgehead atoms. The molecule has 1 aliphatic rings. The zero-order chi connectivity index (χ0) is 19.3. The van der Waals surface area contributed by atoms with E-state index < -0.39 is 8.32 Å². The van der Waals surface area contributed by atoms with Gasteiger partial charge in [-0.3, -0.25) is 0 Å². The Bertz CT molecular complexity index is 663. The van der Waals surface area contributed by atoms with Gasteiger partial charge in [0, 0.05) is 13.7 Å². The number of rotatable bonds is 7. The smallest absolute Gasteiger partial charge is 0.258 e. The van der Waals surface area contributed by atoms with E-state index in [1.54, 1.807) is 7.11 Å². The Labute approximate surface area is 164 Å². The number of benzene rings is 2. The maximum atomic E-state index is 12.2. The van der Waals surface area contributed by atoms with E-state index in [9.17, 15) is 4.80 Å². The minimum atomic E-state index is -2.94. The lowest BCUT2D eigenvalue weighted by Crippen LogP contribution is -2.65. The third-order valence-electron chi connectivity index (χ3n) is 6.10. The summed E-state index contributed by atoms with van der Waals surface area (Å²) in [6.45, 7) is 5.23. The fraction of sp³-hybridized carbons (Fsp3) is 0.478. The summed E-state index contributed by atoms with van der Waals surface area (Å²) in [5.74, 6) is 0. The van der Waals surface area contributed by atoms with Crippen LogP contribution in [0.3, 0.4) is 0 Å². The third kappa shape index (κ3) is 4.19. The maximum Gasteiger partial charge on any atom is 0.258 e. The van der Waals surface area contributed by atoms with E-state index >= 15 is 0 Å². The zero-order valence-corrected chi connectivity index (χ0v) is 17.7. The van der Waals surface area contributed by atoms with Crippen LogP contribution < -0.4 is 10.4 Å². The molecule has 3 nitrogen and oxygen atoms in total. The van der Waals surface area contributed by atoms with Crippen LogP contribution in [0, 0.1) is 0 Å². The first-order chi connectivity index (χ1) is 13.0. The van der Waals surface area contributed by atoms with Gasteiger partial charge in [-0.05, 0) is 41.1 Å². The first kappa shape index (κ1) is 20.3. The van der Waals surface area contributed by atoms with Crippen LogP contribution in [0.25, 0.3) is 0 Å². The largest absolute Gasteiger partial charge is 0.424 e. The van der Waals surface area contributed by atoms with E-state index in [0.717, 1.165) is 42.7 Å². The topological polar surface area (TPSA) is 38.7 Å². The molecule has 27 heavy (non-hydrogen) atoms. The lowest BCUT2D eigenvalue weighted by Gasteiger charge is -2.42. The fourth-order valence-corrected chi connectivity index (χ4v) is 8.09. The van der Waals surface area contributed by atoms with E-state index in [2.05, 4.69) is 38.1 Å². The summed E-state index contributed by atoms with van der Waals surface area (Å²) in [5.41, 5.74) is 0. The highest BCUT2D eigenvalue weighted by Crippen LogP contribution is 2.41. The second kappa shape index (κ2) is 8.70. The fourth-order valence-electron chi connectivity index (χ4n) is 4.34. The molecule has 4 heteroatoms. The van der Waals surface area contributed by atoms with Gasteiger partial charge in [0.25, 0.3) is 8.32 Å². The SMILES string of the molecule is CO[C@H]1CCCOC1CCC(C)(C)[Si](O)(c1ccccc1)c1ccccc1. The van der Waals surface area contributed by atoms with E-state index in [4.69, 9.17) is 9.47 Å². The Morgan fingerprint density at radius 1 is 1.04 bits per heavy atom. The Hall–Kier alpha value is -1.46. The Balaban J connectivity index is 1.89. The average Bonchev–Trinajstić information content (AvgIpc) is 2.73. The first-order valence-corrected chi connectivity index (χ1v) is 11.9. The van der Waals surface area contributed by atoms with E-state index in [-0.39, 0.29) is 17.2 Å². The highest BCUT2D eigenvalue weighted by molar-refractivity contribution is 6.98. The van der Waals surface area contributed by atoms with Gasteiger partial charge in [-0.1, -0.05) is 74.5 Å². The minimum Gasteiger partial charge on any atom is -0.424 e. The normalized spacial score (nSPS) is 21.2. The van der Waals surface area contributed by atoms with Gasteiger partial charge in [0.15, 0.2) is 0 Å². The lowest BCUT2D eigenvalue weighted by molar-refractivity contribution is -0.0947. The van der Waals surface area contributed by atoms with Crippen molar-refractivity contribution in [3.63, 3.8) is 0 Å². The van der Waals surface area contributed by atoms with Gasteiger partial charge in [0.2, 0.25) is 0 Å². The van der Waals surface area contributed by atoms with Crippen LogP contribution in [0.4, 0.5) is 0 Å². The molecule has 1 unspecified atom stereocenters. The first-order valence-electron chi connectivity index (χ1n) is 9.97. The van der Waals surface area contributed by atoms with Gasteiger partial charge in [-0.15, -0.1) is 0 Å². The molecule has 1 fully saturated rings. The second-order valence-corrected chi connectivity index (χ2v) is 12.1. The molecule has 0 radical (unpaired) electrons. The number of methoxy groups -OCH3 is 1. The van der Waals surface area contributed by atoms with Crippen LogP contribution in [-0.2, 0) is 9.47 Å². The Morgan fingerprint density at radius 3 is 2.11 bits per heavy atom. The standard InChI is InChI=1S/C23H32O3Si/c1-23(2,17-16-22-21(25-3)15-10-18-26-22)27(24,19-11-6-4-7-12-19)20-13-8-5-9-14-20/h4-9,11-14,21-22,24H,10,15-18H2,1-3H3/t21-,22?/m0/s1. The van der Waals surface area contributed by atoms with Crippen molar-refractivity contribution in [3.05, 3.63) is 60.7 Å². The zero-order valence-electron chi connectivity index (χ0n) is 16.7. The highest BCUT2D eigenvalue weighted by Gasteiger charge is 2.50. The van der Waals surface area contributed by atoms with Crippen LogP contribution in [0.15, 0.2) is 60.7 Å². The van der Waals surface area contributed by atoms with Gasteiger partial charge in [-0.2, -0.15) is 0 Å². The molecule has 1 aliphatic heterocycles. The van der Waals surface area contributed by atoms with Crippen LogP contribution in [-0.4, -0.2) is 39.0 Å². The molecule has 2 aromatic carbocycles. The lowest BCUT2D eigenvalue weighted by atomic mass is 9.97. The summed E-state index contributed by atoms with van der Waals surface area (Å²) in [4.78, 5) is 12.2. The van der Waals surface area contributed by atoms with Crippen molar-refractivity contribution < 1.29 is 14.3 Å². The van der Waals surface area contributed by atoms with Crippen molar-refractivity contribution in [1.29, 1.82) is 0 Å². The minimum absolute atomic E-state index is 0.118. The van der Waals surface area contributed by atoms with Crippen LogP contribution >= 0.6 is 0 Å². The van der Waals surface area contributed by atoms with E-state index in [0.29, 0.717) is 0 Å². The third-order valence-corrected chi connectivity index (χ3v) is 10.6. The van der Waals surface area contributed by atoms with Gasteiger partial charge >= 0.3 is 0 Å². The monoisotopic (exact) mass is 384 g/mol. The van der Waals surface area contributed by atoms with Crippen molar-refractivity contribution in [2.24, 2.45) is 0 Å². The molecule has 0 aromatic heterocycles. The van der Waals surface area contributed by atoms with Crippen LogP contribution in [0.2, 0.25) is 5.04 Å². The Morgan fingerprint density at radius 2 is 1.59 bits per heavy atom. The summed E-state index contributed by atoms with van der Waals surface area (Å²) in [6.07, 6.45) is 4.20. The highest BCUT2D eigenvalue weighted by atomic mass is 28.4. The molecule has 0 aliphatic carbocycles. The summed E-state index contributed by atoms with van der Waals surface area (Å²) < 4.78 is 11.7. The van der Waals surface area contributed by atoms with E-state index in [1.165, 1.54) is 0 Å². The van der Waals surface area contributed by atoms with Gasteiger partial charge < -0.3 is 14.3 Å². The summed E-state index contributed by atoms with van der Waals surface area (Å²) >= 11 is 0. The number of ether oxygens (including phenoxy) is 2. The average molecular weight is 385 g/mol. The summed E-state index contributed by atoms with van der Waals surface area (Å²) in [6, 6.07) is 20.4. The number of hydrogen-bond acceptors (Lipinski definition) is 3. The molecular formula is C23H32O3Si. The number of hydrogen-bond donors (Lipinski definition) is 1. The maximum absolute atomic E-state index is 12.2. The van der Waals surface area contributed by atoms with Gasteiger partial charge in [0.05, 0.1) is 12.2 Å². The molecule has 1 heterocycles.